The Hall–Kier alpha value is -4.12. The van der Waals surface area contributed by atoms with Gasteiger partial charge in [0.05, 0.1) is 12.7 Å². The average Bonchev–Trinajstić information content (AvgIpc) is 2.96. The van der Waals surface area contributed by atoms with Crippen molar-refractivity contribution >= 4 is 22.8 Å². The van der Waals surface area contributed by atoms with Crippen LogP contribution < -0.4 is 0 Å². The van der Waals surface area contributed by atoms with Gasteiger partial charge in [-0.2, -0.15) is 0 Å². The van der Waals surface area contributed by atoms with Gasteiger partial charge in [0, 0.05) is 15.8 Å². The predicted octanol–water partition coefficient (Wildman–Crippen LogP) is 8.38. The number of ether oxygens (including phenoxy) is 2. The van der Waals surface area contributed by atoms with E-state index in [1.54, 1.807) is 0 Å². The second kappa shape index (κ2) is 11.2. The fourth-order valence-corrected chi connectivity index (χ4v) is 5.06. The normalized spacial score (nSPS) is 20.0. The third kappa shape index (κ3) is 6.04. The first-order valence-corrected chi connectivity index (χ1v) is 13.6. The van der Waals surface area contributed by atoms with E-state index in [2.05, 4.69) is 49.4 Å². The Morgan fingerprint density at radius 2 is 1.57 bits per heavy atom. The van der Waals surface area contributed by atoms with E-state index >= 15 is 0 Å². The van der Waals surface area contributed by atoms with Crippen molar-refractivity contribution in [3.05, 3.63) is 95.6 Å². The lowest BCUT2D eigenvalue weighted by molar-refractivity contribution is 0.0204. The van der Waals surface area contributed by atoms with E-state index in [0.717, 1.165) is 38.6 Å². The number of hydrogen-bond donors (Lipinski definition) is 0. The van der Waals surface area contributed by atoms with Crippen molar-refractivity contribution in [1.82, 2.24) is 4.90 Å². The Kier molecular flexibility index (Phi) is 6.95. The zero-order valence-corrected chi connectivity index (χ0v) is 23.8. The van der Waals surface area contributed by atoms with Crippen molar-refractivity contribution in [2.45, 2.75) is 52.0 Å². The molecule has 1 amide bonds. The van der Waals surface area contributed by atoms with Gasteiger partial charge in [0.1, 0.15) is 5.60 Å². The molecule has 2 atom stereocenters. The molecule has 4 aromatic rings. The van der Waals surface area contributed by atoms with E-state index in [4.69, 9.17) is 10.8 Å². The summed E-state index contributed by atoms with van der Waals surface area (Å²) in [7, 11) is 1.38. The van der Waals surface area contributed by atoms with Gasteiger partial charge >= 0.3 is 12.1 Å². The van der Waals surface area contributed by atoms with Crippen LogP contribution in [0.1, 0.15) is 63.7 Å². The van der Waals surface area contributed by atoms with Crippen molar-refractivity contribution < 1.29 is 21.8 Å². The molecule has 40 heavy (non-hydrogen) atoms. The van der Waals surface area contributed by atoms with Gasteiger partial charge in [0.2, 0.25) is 0 Å². The van der Waals surface area contributed by atoms with Crippen LogP contribution >= 0.6 is 0 Å². The number of esters is 1. The molecule has 5 nitrogen and oxygen atoms in total. The summed E-state index contributed by atoms with van der Waals surface area (Å²) in [6.45, 7) is 7.99. The van der Waals surface area contributed by atoms with Crippen LogP contribution in [-0.2, 0) is 9.47 Å². The zero-order chi connectivity index (χ0) is 30.2. The molecule has 0 spiro atoms. The van der Waals surface area contributed by atoms with E-state index in [1.165, 1.54) is 17.6 Å². The number of fused-ring (bicyclic) bond motifs is 1. The van der Waals surface area contributed by atoms with Crippen molar-refractivity contribution in [2.24, 2.45) is 0 Å². The Bertz CT molecular complexity index is 1630. The van der Waals surface area contributed by atoms with Crippen molar-refractivity contribution in [2.75, 3.05) is 20.2 Å². The highest BCUT2D eigenvalue weighted by Crippen LogP contribution is 2.35. The molecule has 1 fully saturated rings. The lowest BCUT2D eigenvalue weighted by atomic mass is 9.87. The fraction of sp³-hybridized carbons (Fsp3) is 0.314. The zero-order valence-electron chi connectivity index (χ0n) is 25.8. The van der Waals surface area contributed by atoms with Crippen molar-refractivity contribution in [1.29, 1.82) is 0 Å². The summed E-state index contributed by atoms with van der Waals surface area (Å²) in [6.07, 6.45) is -0.934. The summed E-state index contributed by atoms with van der Waals surface area (Å²) >= 11 is 0. The number of aryl methyl sites for hydroxylation is 1. The van der Waals surface area contributed by atoms with Gasteiger partial charge in [-0.1, -0.05) is 66.2 Å². The molecule has 206 valence electrons. The van der Waals surface area contributed by atoms with E-state index in [1.807, 2.05) is 57.2 Å². The Labute approximate surface area is 239 Å². The monoisotopic (exact) mass is 539 g/mol. The third-order valence-corrected chi connectivity index (χ3v) is 7.19. The van der Waals surface area contributed by atoms with Crippen LogP contribution in [0.4, 0.5) is 4.79 Å². The topological polar surface area (TPSA) is 55.8 Å². The fourth-order valence-electron chi connectivity index (χ4n) is 5.06. The van der Waals surface area contributed by atoms with Gasteiger partial charge in [0.25, 0.3) is 0 Å². The molecule has 0 aliphatic carbocycles. The molecule has 1 saturated heterocycles. The highest BCUT2D eigenvalue weighted by Gasteiger charge is 2.27. The summed E-state index contributed by atoms with van der Waals surface area (Å²) in [6, 6.07) is 26.0. The number of carbonyl (C=O) groups excluding carboxylic acids is 2. The predicted molar refractivity (Wildman–Crippen MR) is 161 cm³/mol. The number of piperidine rings is 1. The van der Waals surface area contributed by atoms with Gasteiger partial charge in [-0.05, 0) is 103 Å². The summed E-state index contributed by atoms with van der Waals surface area (Å²) in [4.78, 5) is 26.7. The van der Waals surface area contributed by atoms with Gasteiger partial charge in [-0.25, -0.2) is 9.59 Å². The van der Waals surface area contributed by atoms with Gasteiger partial charge in [-0.3, -0.25) is 0 Å². The van der Waals surface area contributed by atoms with Crippen LogP contribution in [0.15, 0.2) is 78.9 Å². The first kappa shape index (κ1) is 24.9. The molecule has 1 aliphatic heterocycles. The summed E-state index contributed by atoms with van der Waals surface area (Å²) in [5.74, 6) is -1.56. The smallest absolute Gasteiger partial charge is 0.410 e. The number of benzene rings is 4. The maximum Gasteiger partial charge on any atom is 0.410 e. The highest BCUT2D eigenvalue weighted by atomic mass is 16.6. The molecule has 1 aliphatic rings. The molecular formula is C35H37NO4. The molecule has 0 aromatic heterocycles. The van der Waals surface area contributed by atoms with E-state index in [0.29, 0.717) is 18.5 Å². The lowest BCUT2D eigenvalue weighted by Gasteiger charge is -2.33. The quantitative estimate of drug-likeness (QED) is 0.244. The van der Waals surface area contributed by atoms with Gasteiger partial charge in [0.15, 0.2) is 0 Å². The number of methoxy groups -OCH3 is 1. The van der Waals surface area contributed by atoms with E-state index in [-0.39, 0.29) is 6.54 Å². The van der Waals surface area contributed by atoms with Crippen LogP contribution in [0.25, 0.3) is 33.0 Å². The summed E-state index contributed by atoms with van der Waals surface area (Å²) in [5, 5.41) is 1.92. The molecule has 5 rings (SSSR count). The summed E-state index contributed by atoms with van der Waals surface area (Å²) < 4.78 is 28.5. The SMILES string of the molecule is [3H]C1CN(C(=O)OC(C)(C)C)CCC1([3H])c1ccc(-c2cc(C(=O)OC)cc3cc(-c4ccc(C)cc4)ccc23)cc1. The third-order valence-electron chi connectivity index (χ3n) is 7.19. The maximum absolute atomic E-state index is 12.6. The van der Waals surface area contributed by atoms with Crippen molar-refractivity contribution in [3.63, 3.8) is 0 Å². The molecule has 0 N–H and O–H groups in total. The van der Waals surface area contributed by atoms with E-state index in [9.17, 15) is 11.0 Å². The number of nitrogens with zero attached hydrogens (tertiary/aromatic N) is 1. The van der Waals surface area contributed by atoms with Crippen LogP contribution in [0.3, 0.4) is 0 Å². The van der Waals surface area contributed by atoms with Gasteiger partial charge in [-0.15, -0.1) is 0 Å². The Morgan fingerprint density at radius 3 is 2.23 bits per heavy atom. The van der Waals surface area contributed by atoms with Gasteiger partial charge < -0.3 is 14.4 Å². The average molecular weight is 540 g/mol. The minimum Gasteiger partial charge on any atom is -0.465 e. The second-order valence-corrected chi connectivity index (χ2v) is 11.3. The molecule has 0 bridgehead atoms. The molecule has 2 unspecified atom stereocenters. The van der Waals surface area contributed by atoms with E-state index < -0.39 is 30.0 Å². The minimum atomic E-state index is -1.16. The molecule has 5 heteroatoms. The Balaban J connectivity index is 1.46. The van der Waals surface area contributed by atoms with Crippen LogP contribution in [0.5, 0.6) is 0 Å². The maximum atomic E-state index is 12.6. The number of likely N-dealkylation sites (tertiary alicyclic amines) is 1. The lowest BCUT2D eigenvalue weighted by Crippen LogP contribution is -2.41. The van der Waals surface area contributed by atoms with Crippen LogP contribution in [0, 0.1) is 6.92 Å². The number of hydrogen-bond acceptors (Lipinski definition) is 4. The van der Waals surface area contributed by atoms with Crippen LogP contribution in [-0.4, -0.2) is 42.8 Å². The molecule has 0 radical (unpaired) electrons. The molecule has 0 saturated carbocycles. The summed E-state index contributed by atoms with van der Waals surface area (Å²) in [5.41, 5.74) is 5.70. The largest absolute Gasteiger partial charge is 0.465 e. The number of carbonyl (C=O) groups is 2. The van der Waals surface area contributed by atoms with Crippen LogP contribution in [0.2, 0.25) is 0 Å². The number of rotatable bonds is 4. The Morgan fingerprint density at radius 1 is 0.900 bits per heavy atom. The molecule has 4 aromatic carbocycles. The first-order valence-electron chi connectivity index (χ1n) is 14.7. The highest BCUT2D eigenvalue weighted by molar-refractivity contribution is 6.04. The molecular weight excluding hydrogens is 498 g/mol. The first-order chi connectivity index (χ1) is 19.9. The minimum absolute atomic E-state index is 0.134. The second-order valence-electron chi connectivity index (χ2n) is 11.3. The van der Waals surface area contributed by atoms with Crippen molar-refractivity contribution in [3.8, 4) is 22.3 Å². The number of amides is 1. The standard InChI is InChI=1S/C35H37NO4/c1-23-6-8-25(9-7-23)28-14-15-31-29(20-28)21-30(33(37)39-5)22-32(31)27-12-10-24(11-13-27)26-16-18-36(19-17-26)34(38)40-35(2,3)4/h6-15,20-22,26H,16-19H2,1-5H3/i16T,26T. The molecule has 1 heterocycles.